The molecule has 22 heavy (non-hydrogen) atoms. The molecule has 1 aliphatic rings. The number of benzene rings is 1. The molecule has 1 N–H and O–H groups in total. The highest BCUT2D eigenvalue weighted by atomic mass is 32.2. The van der Waals surface area contributed by atoms with Gasteiger partial charge in [0.25, 0.3) is 17.2 Å². The number of hydrogen-bond donors (Lipinski definition) is 1. The summed E-state index contributed by atoms with van der Waals surface area (Å²) < 4.78 is 1.43. The van der Waals surface area contributed by atoms with Crippen LogP contribution < -0.4 is 10.9 Å². The molecule has 1 aliphatic heterocycles. The summed E-state index contributed by atoms with van der Waals surface area (Å²) >= 11 is 1.44. The first-order chi connectivity index (χ1) is 10.6. The zero-order valence-electron chi connectivity index (χ0n) is 11.2. The van der Waals surface area contributed by atoms with Gasteiger partial charge < -0.3 is 5.32 Å². The molecule has 1 aromatic heterocycles. The first-order valence-electron chi connectivity index (χ1n) is 6.35. The quantitative estimate of drug-likeness (QED) is 0.522. The van der Waals surface area contributed by atoms with Gasteiger partial charge in [0.2, 0.25) is 0 Å². The Labute approximate surface area is 128 Å². The van der Waals surface area contributed by atoms with Gasteiger partial charge in [-0.1, -0.05) is 23.9 Å². The van der Waals surface area contributed by atoms with E-state index in [2.05, 4.69) is 10.3 Å². The number of nitro benzene ring substituents is 1. The van der Waals surface area contributed by atoms with E-state index < -0.39 is 16.4 Å². The third-order valence-corrected chi connectivity index (χ3v) is 4.12. The summed E-state index contributed by atoms with van der Waals surface area (Å²) in [6.45, 7) is 0.498. The Bertz CT molecular complexity index is 833. The average molecular weight is 318 g/mol. The van der Waals surface area contributed by atoms with E-state index in [1.807, 2.05) is 0 Å². The van der Waals surface area contributed by atoms with Crippen LogP contribution >= 0.6 is 11.8 Å². The number of hydrogen-bond acceptors (Lipinski definition) is 6. The fourth-order valence-corrected chi connectivity index (χ4v) is 3.02. The van der Waals surface area contributed by atoms with E-state index in [4.69, 9.17) is 0 Å². The highest BCUT2D eigenvalue weighted by Gasteiger charge is 2.22. The van der Waals surface area contributed by atoms with Gasteiger partial charge in [-0.25, -0.2) is 4.98 Å². The number of anilines is 1. The number of carbonyl (C=O) groups is 1. The molecule has 0 fully saturated rings. The van der Waals surface area contributed by atoms with Gasteiger partial charge in [0.1, 0.15) is 11.3 Å². The van der Waals surface area contributed by atoms with Gasteiger partial charge in [-0.3, -0.25) is 24.3 Å². The highest BCUT2D eigenvalue weighted by molar-refractivity contribution is 7.99. The van der Waals surface area contributed by atoms with Gasteiger partial charge in [0, 0.05) is 24.6 Å². The number of nitrogens with one attached hydrogen (secondary N) is 1. The van der Waals surface area contributed by atoms with Gasteiger partial charge in [-0.15, -0.1) is 0 Å². The summed E-state index contributed by atoms with van der Waals surface area (Å²) in [6.07, 6.45) is 1.20. The minimum absolute atomic E-state index is 0.0387. The fourth-order valence-electron chi connectivity index (χ4n) is 2.10. The van der Waals surface area contributed by atoms with E-state index in [0.29, 0.717) is 11.7 Å². The van der Waals surface area contributed by atoms with Crippen LogP contribution in [0.3, 0.4) is 0 Å². The van der Waals surface area contributed by atoms with Crippen molar-refractivity contribution in [3.05, 3.63) is 56.5 Å². The van der Waals surface area contributed by atoms with Crippen molar-refractivity contribution in [1.29, 1.82) is 0 Å². The summed E-state index contributed by atoms with van der Waals surface area (Å²) in [4.78, 5) is 38.8. The minimum Gasteiger partial charge on any atom is -0.316 e. The van der Waals surface area contributed by atoms with Crippen LogP contribution in [-0.4, -0.2) is 26.1 Å². The number of amides is 1. The third-order valence-electron chi connectivity index (χ3n) is 3.15. The average Bonchev–Trinajstić information content (AvgIpc) is 2.97. The molecule has 0 unspecified atom stereocenters. The molecule has 2 aromatic rings. The molecule has 0 atom stereocenters. The predicted octanol–water partition coefficient (Wildman–Crippen LogP) is 1.51. The maximum Gasteiger partial charge on any atom is 0.292 e. The van der Waals surface area contributed by atoms with Crippen LogP contribution in [0.2, 0.25) is 0 Å². The van der Waals surface area contributed by atoms with Crippen LogP contribution in [0.4, 0.5) is 11.4 Å². The first-order valence-corrected chi connectivity index (χ1v) is 7.34. The van der Waals surface area contributed by atoms with Crippen molar-refractivity contribution in [2.45, 2.75) is 11.7 Å². The third kappa shape index (κ3) is 2.46. The van der Waals surface area contributed by atoms with Crippen molar-refractivity contribution >= 4 is 29.0 Å². The molecule has 0 saturated heterocycles. The summed E-state index contributed by atoms with van der Waals surface area (Å²) in [7, 11) is 0. The zero-order valence-corrected chi connectivity index (χ0v) is 12.0. The molecule has 9 heteroatoms. The van der Waals surface area contributed by atoms with Gasteiger partial charge >= 0.3 is 0 Å². The lowest BCUT2D eigenvalue weighted by Gasteiger charge is -2.07. The SMILES string of the molecule is O=C(Nc1ccccc1[N+](=O)[O-])c1cnc2n(c1=O)CCS2. The number of nitro groups is 1. The maximum atomic E-state index is 12.2. The smallest absolute Gasteiger partial charge is 0.292 e. The van der Waals surface area contributed by atoms with Gasteiger partial charge in [-0.2, -0.15) is 0 Å². The van der Waals surface area contributed by atoms with Crippen LogP contribution in [0.5, 0.6) is 0 Å². The second kappa shape index (κ2) is 5.60. The van der Waals surface area contributed by atoms with Crippen molar-refractivity contribution in [2.24, 2.45) is 0 Å². The molecule has 1 aromatic carbocycles. The number of fused-ring (bicyclic) bond motifs is 1. The number of carbonyl (C=O) groups excluding carboxylic acids is 1. The molecular formula is C13H10N4O4S. The van der Waals surface area contributed by atoms with E-state index in [-0.39, 0.29) is 16.9 Å². The molecule has 0 bridgehead atoms. The van der Waals surface area contributed by atoms with Gasteiger partial charge in [0.15, 0.2) is 5.16 Å². The van der Waals surface area contributed by atoms with Crippen molar-refractivity contribution in [3.63, 3.8) is 0 Å². The Morgan fingerprint density at radius 2 is 2.18 bits per heavy atom. The second-order valence-corrected chi connectivity index (χ2v) is 5.55. The van der Waals surface area contributed by atoms with E-state index in [9.17, 15) is 19.7 Å². The van der Waals surface area contributed by atoms with Gasteiger partial charge in [-0.05, 0) is 6.07 Å². The second-order valence-electron chi connectivity index (χ2n) is 4.49. The normalized spacial score (nSPS) is 12.7. The Balaban J connectivity index is 1.94. The largest absolute Gasteiger partial charge is 0.316 e. The number of thioether (sulfide) groups is 1. The monoisotopic (exact) mass is 318 g/mol. The lowest BCUT2D eigenvalue weighted by molar-refractivity contribution is -0.383. The minimum atomic E-state index is -0.709. The highest BCUT2D eigenvalue weighted by Crippen LogP contribution is 2.24. The van der Waals surface area contributed by atoms with Gasteiger partial charge in [0.05, 0.1) is 4.92 Å². The number of para-hydroxylation sites is 2. The Kier molecular flexibility index (Phi) is 3.63. The fraction of sp³-hybridized carbons (Fsp3) is 0.154. The molecule has 8 nitrogen and oxygen atoms in total. The van der Waals surface area contributed by atoms with Crippen molar-refractivity contribution in [2.75, 3.05) is 11.1 Å². The summed E-state index contributed by atoms with van der Waals surface area (Å²) in [5.74, 6) is 0.0243. The Hall–Kier alpha value is -2.68. The zero-order chi connectivity index (χ0) is 15.7. The molecule has 3 rings (SSSR count). The standard InChI is InChI=1S/C13H10N4O4S/c18-11(15-9-3-1-2-4-10(9)17(20)21)8-7-14-13-16(12(8)19)5-6-22-13/h1-4,7H,5-6H2,(H,15,18). The molecule has 112 valence electrons. The van der Waals surface area contributed by atoms with Crippen LogP contribution in [0.25, 0.3) is 0 Å². The summed E-state index contributed by atoms with van der Waals surface area (Å²) in [5.41, 5.74) is -0.770. The first kappa shape index (κ1) is 14.3. The summed E-state index contributed by atoms with van der Waals surface area (Å²) in [5, 5.41) is 13.9. The van der Waals surface area contributed by atoms with E-state index >= 15 is 0 Å². The molecule has 0 radical (unpaired) electrons. The molecule has 0 saturated carbocycles. The number of rotatable bonds is 3. The topological polar surface area (TPSA) is 107 Å². The van der Waals surface area contributed by atoms with Crippen LogP contribution in [0.1, 0.15) is 10.4 Å². The lowest BCUT2D eigenvalue weighted by atomic mass is 10.2. The molecule has 0 spiro atoms. The molecular weight excluding hydrogens is 308 g/mol. The van der Waals surface area contributed by atoms with Crippen molar-refractivity contribution in [1.82, 2.24) is 9.55 Å². The van der Waals surface area contributed by atoms with Crippen LogP contribution in [0, 0.1) is 10.1 Å². The lowest BCUT2D eigenvalue weighted by Crippen LogP contribution is -2.29. The predicted molar refractivity (Wildman–Crippen MR) is 80.3 cm³/mol. The molecule has 2 heterocycles. The molecule has 1 amide bonds. The van der Waals surface area contributed by atoms with E-state index in [1.54, 1.807) is 6.07 Å². The molecule has 0 aliphatic carbocycles. The van der Waals surface area contributed by atoms with Crippen molar-refractivity contribution < 1.29 is 9.72 Å². The summed E-state index contributed by atoms with van der Waals surface area (Å²) in [6, 6.07) is 5.74. The maximum absolute atomic E-state index is 12.2. The number of aromatic nitrogens is 2. The van der Waals surface area contributed by atoms with Crippen LogP contribution in [-0.2, 0) is 6.54 Å². The van der Waals surface area contributed by atoms with Crippen molar-refractivity contribution in [3.8, 4) is 0 Å². The Morgan fingerprint density at radius 1 is 1.41 bits per heavy atom. The number of nitrogens with zero attached hydrogens (tertiary/aromatic N) is 3. The van der Waals surface area contributed by atoms with Crippen LogP contribution in [0.15, 0.2) is 40.4 Å². The Morgan fingerprint density at radius 3 is 2.95 bits per heavy atom. The van der Waals surface area contributed by atoms with E-state index in [1.165, 1.54) is 40.7 Å². The van der Waals surface area contributed by atoms with E-state index in [0.717, 1.165) is 5.75 Å².